The molecule has 3 nitrogen and oxygen atoms in total. The van der Waals surface area contributed by atoms with E-state index in [-0.39, 0.29) is 16.5 Å². The number of benzene rings is 1. The van der Waals surface area contributed by atoms with Crippen molar-refractivity contribution in [1.29, 1.82) is 0 Å². The summed E-state index contributed by atoms with van der Waals surface area (Å²) in [5.41, 5.74) is -0.498. The number of hydrogen-bond acceptors (Lipinski definition) is 3. The number of halogens is 3. The van der Waals surface area contributed by atoms with E-state index in [1.165, 1.54) is 20.3 Å². The van der Waals surface area contributed by atoms with Gasteiger partial charge in [-0.3, -0.25) is 0 Å². The van der Waals surface area contributed by atoms with E-state index in [4.69, 9.17) is 26.2 Å². The second-order valence-electron chi connectivity index (χ2n) is 3.05. The van der Waals surface area contributed by atoms with Crippen molar-refractivity contribution in [3.8, 4) is 11.5 Å². The van der Waals surface area contributed by atoms with Gasteiger partial charge in [0.1, 0.15) is 6.61 Å². The third kappa shape index (κ3) is 2.36. The lowest BCUT2D eigenvalue weighted by molar-refractivity contribution is -0.0573. The van der Waals surface area contributed by atoms with Gasteiger partial charge < -0.3 is 14.6 Å². The molecule has 0 amide bonds. The quantitative estimate of drug-likeness (QED) is 0.895. The maximum atomic E-state index is 13.4. The van der Waals surface area contributed by atoms with Crippen LogP contribution in [0.5, 0.6) is 11.5 Å². The predicted molar refractivity (Wildman–Crippen MR) is 55.5 cm³/mol. The van der Waals surface area contributed by atoms with Crippen molar-refractivity contribution < 1.29 is 23.4 Å². The first-order valence-corrected chi connectivity index (χ1v) is 4.74. The predicted octanol–water partition coefficient (Wildman–Crippen LogP) is 2.44. The van der Waals surface area contributed by atoms with Crippen LogP contribution in [0.25, 0.3) is 0 Å². The van der Waals surface area contributed by atoms with Crippen LogP contribution < -0.4 is 9.47 Å². The number of aliphatic hydroxyl groups is 1. The smallest absolute Gasteiger partial charge is 0.299 e. The Morgan fingerprint density at radius 3 is 2.38 bits per heavy atom. The van der Waals surface area contributed by atoms with Crippen LogP contribution in [0.4, 0.5) is 8.78 Å². The van der Waals surface area contributed by atoms with Crippen LogP contribution in [0.2, 0.25) is 5.02 Å². The van der Waals surface area contributed by atoms with Crippen molar-refractivity contribution >= 4 is 11.6 Å². The van der Waals surface area contributed by atoms with Gasteiger partial charge in [0.05, 0.1) is 19.8 Å². The molecule has 0 aromatic heterocycles. The van der Waals surface area contributed by atoms with Crippen molar-refractivity contribution in [1.82, 2.24) is 0 Å². The summed E-state index contributed by atoms with van der Waals surface area (Å²) in [4.78, 5) is 0. The highest BCUT2D eigenvalue weighted by Crippen LogP contribution is 2.42. The van der Waals surface area contributed by atoms with Gasteiger partial charge in [0.15, 0.2) is 11.5 Å². The van der Waals surface area contributed by atoms with Gasteiger partial charge in [0, 0.05) is 11.1 Å². The van der Waals surface area contributed by atoms with Gasteiger partial charge in [-0.05, 0) is 6.07 Å². The van der Waals surface area contributed by atoms with E-state index in [0.717, 1.165) is 6.07 Å². The first kappa shape index (κ1) is 13.0. The normalized spacial score (nSPS) is 11.4. The minimum absolute atomic E-state index is 0.0841. The van der Waals surface area contributed by atoms with Crippen LogP contribution in [-0.4, -0.2) is 25.9 Å². The monoisotopic (exact) mass is 252 g/mol. The molecule has 0 aliphatic heterocycles. The molecule has 0 saturated heterocycles. The maximum Gasteiger partial charge on any atom is 0.299 e. The van der Waals surface area contributed by atoms with E-state index in [9.17, 15) is 8.78 Å². The fourth-order valence-corrected chi connectivity index (χ4v) is 1.50. The van der Waals surface area contributed by atoms with E-state index in [2.05, 4.69) is 0 Å². The standard InChI is InChI=1S/C10H11ClF2O3/c1-15-8-4-6(11)3-7(9(8)16-2)10(12,13)5-14/h3-4,14H,5H2,1-2H3. The van der Waals surface area contributed by atoms with Crippen molar-refractivity contribution in [3.63, 3.8) is 0 Å². The molecule has 1 N–H and O–H groups in total. The molecule has 90 valence electrons. The van der Waals surface area contributed by atoms with Crippen molar-refractivity contribution in [2.75, 3.05) is 20.8 Å². The number of hydrogen-bond donors (Lipinski definition) is 1. The molecule has 0 saturated carbocycles. The Kier molecular flexibility index (Phi) is 3.93. The molecule has 0 fully saturated rings. The number of alkyl halides is 2. The fourth-order valence-electron chi connectivity index (χ4n) is 1.29. The molecule has 16 heavy (non-hydrogen) atoms. The number of rotatable bonds is 4. The first-order chi connectivity index (χ1) is 7.46. The van der Waals surface area contributed by atoms with Crippen LogP contribution in [0, 0.1) is 0 Å². The number of ether oxygens (including phenoxy) is 2. The molecule has 0 heterocycles. The topological polar surface area (TPSA) is 38.7 Å². The Morgan fingerprint density at radius 2 is 1.94 bits per heavy atom. The van der Waals surface area contributed by atoms with Crippen LogP contribution in [0.3, 0.4) is 0 Å². The third-order valence-corrected chi connectivity index (χ3v) is 2.25. The largest absolute Gasteiger partial charge is 0.493 e. The zero-order valence-electron chi connectivity index (χ0n) is 8.76. The summed E-state index contributed by atoms with van der Waals surface area (Å²) < 4.78 is 36.5. The van der Waals surface area contributed by atoms with Gasteiger partial charge in [-0.15, -0.1) is 0 Å². The van der Waals surface area contributed by atoms with Gasteiger partial charge in [-0.25, -0.2) is 0 Å². The van der Waals surface area contributed by atoms with Crippen molar-refractivity contribution in [2.45, 2.75) is 5.92 Å². The van der Waals surface area contributed by atoms with Gasteiger partial charge in [0.2, 0.25) is 0 Å². The maximum absolute atomic E-state index is 13.4. The van der Waals surface area contributed by atoms with E-state index >= 15 is 0 Å². The molecular weight excluding hydrogens is 242 g/mol. The van der Waals surface area contributed by atoms with Crippen molar-refractivity contribution in [3.05, 3.63) is 22.7 Å². The lowest BCUT2D eigenvalue weighted by Gasteiger charge is -2.19. The van der Waals surface area contributed by atoms with E-state index in [0.29, 0.717) is 0 Å². The summed E-state index contributed by atoms with van der Waals surface area (Å²) in [6.45, 7) is -1.33. The molecule has 0 spiro atoms. The SMILES string of the molecule is COc1cc(Cl)cc(C(F)(F)CO)c1OC. The molecule has 0 bridgehead atoms. The molecule has 0 aliphatic carbocycles. The highest BCUT2D eigenvalue weighted by Gasteiger charge is 2.35. The summed E-state index contributed by atoms with van der Waals surface area (Å²) in [6, 6.07) is 2.40. The number of methoxy groups -OCH3 is 2. The van der Waals surface area contributed by atoms with Gasteiger partial charge in [0.25, 0.3) is 5.92 Å². The highest BCUT2D eigenvalue weighted by molar-refractivity contribution is 6.30. The third-order valence-electron chi connectivity index (χ3n) is 2.04. The average Bonchev–Trinajstić information content (AvgIpc) is 2.27. The Balaban J connectivity index is 3.42. The summed E-state index contributed by atoms with van der Waals surface area (Å²) in [7, 11) is 2.55. The van der Waals surface area contributed by atoms with E-state index < -0.39 is 18.1 Å². The Hall–Kier alpha value is -1.07. The Bertz CT molecular complexity index is 383. The first-order valence-electron chi connectivity index (χ1n) is 4.37. The van der Waals surface area contributed by atoms with Crippen LogP contribution >= 0.6 is 11.6 Å². The zero-order valence-corrected chi connectivity index (χ0v) is 9.52. The molecule has 6 heteroatoms. The Labute approximate surface area is 96.5 Å². The van der Waals surface area contributed by atoms with Crippen molar-refractivity contribution in [2.24, 2.45) is 0 Å². The average molecular weight is 253 g/mol. The molecule has 0 radical (unpaired) electrons. The fraction of sp³-hybridized carbons (Fsp3) is 0.400. The van der Waals surface area contributed by atoms with E-state index in [1.807, 2.05) is 0 Å². The second-order valence-corrected chi connectivity index (χ2v) is 3.49. The number of aliphatic hydroxyl groups excluding tert-OH is 1. The van der Waals surface area contributed by atoms with E-state index in [1.54, 1.807) is 0 Å². The summed E-state index contributed by atoms with van der Waals surface area (Å²) in [5.74, 6) is -3.46. The Morgan fingerprint density at radius 1 is 1.31 bits per heavy atom. The summed E-state index contributed by atoms with van der Waals surface area (Å²) >= 11 is 5.67. The lowest BCUT2D eigenvalue weighted by Crippen LogP contribution is -2.19. The van der Waals surface area contributed by atoms with Gasteiger partial charge in [-0.2, -0.15) is 8.78 Å². The van der Waals surface area contributed by atoms with Gasteiger partial charge >= 0.3 is 0 Å². The highest BCUT2D eigenvalue weighted by atomic mass is 35.5. The molecule has 1 aromatic carbocycles. The molecule has 0 atom stereocenters. The molecule has 0 unspecified atom stereocenters. The molecular formula is C10H11ClF2O3. The zero-order chi connectivity index (χ0) is 12.3. The summed E-state index contributed by atoms with van der Waals surface area (Å²) in [6.07, 6.45) is 0. The van der Waals surface area contributed by atoms with Gasteiger partial charge in [-0.1, -0.05) is 11.6 Å². The molecule has 1 aromatic rings. The second kappa shape index (κ2) is 4.84. The van der Waals surface area contributed by atoms with Crippen LogP contribution in [0.1, 0.15) is 5.56 Å². The lowest BCUT2D eigenvalue weighted by atomic mass is 10.1. The minimum atomic E-state index is -3.43. The minimum Gasteiger partial charge on any atom is -0.493 e. The molecule has 0 aliphatic rings. The molecule has 1 rings (SSSR count). The summed E-state index contributed by atoms with van der Waals surface area (Å²) in [5, 5.41) is 8.72. The van der Waals surface area contributed by atoms with Crippen LogP contribution in [0.15, 0.2) is 12.1 Å². The van der Waals surface area contributed by atoms with Crippen LogP contribution in [-0.2, 0) is 5.92 Å².